The van der Waals surface area contributed by atoms with Crippen LogP contribution in [0.4, 0.5) is 0 Å². The summed E-state index contributed by atoms with van der Waals surface area (Å²) in [5.41, 5.74) is 0. The Balaban J connectivity index is 3.90. The minimum absolute atomic E-state index is 0.161. The molecule has 0 saturated heterocycles. The van der Waals surface area contributed by atoms with Crippen LogP contribution in [0.15, 0.2) is 0 Å². The first-order valence-electron chi connectivity index (χ1n) is 3.35. The van der Waals surface area contributed by atoms with E-state index in [1.165, 1.54) is 0 Å². The van der Waals surface area contributed by atoms with Gasteiger partial charge in [-0.3, -0.25) is 0 Å². The van der Waals surface area contributed by atoms with Gasteiger partial charge in [-0.2, -0.15) is 10.5 Å². The predicted molar refractivity (Wildman–Crippen MR) is 42.3 cm³/mol. The zero-order valence-corrected chi connectivity index (χ0v) is 7.33. The highest BCUT2D eigenvalue weighted by Gasteiger charge is 2.04. The highest BCUT2D eigenvalue weighted by Crippen LogP contribution is 1.92. The quantitative estimate of drug-likeness (QED) is 0.596. The third-order valence-electron chi connectivity index (χ3n) is 1.19. The summed E-state index contributed by atoms with van der Waals surface area (Å²) in [5, 5.41) is 16.4. The van der Waals surface area contributed by atoms with Gasteiger partial charge < -0.3 is 0 Å². The van der Waals surface area contributed by atoms with Gasteiger partial charge in [-0.15, -0.1) is 0 Å². The maximum Gasteiger partial charge on any atom is 0.203 e. The summed E-state index contributed by atoms with van der Waals surface area (Å²) in [5.74, 6) is 0. The van der Waals surface area contributed by atoms with Crippen LogP contribution < -0.4 is 0 Å². The molecule has 0 N–H and O–H groups in total. The zero-order chi connectivity index (χ0) is 9.40. The first-order valence-corrected chi connectivity index (χ1v) is 4.48. The van der Waals surface area contributed by atoms with Gasteiger partial charge in [-0.25, -0.2) is 12.7 Å². The van der Waals surface area contributed by atoms with E-state index in [-0.39, 0.29) is 25.9 Å². The average molecular weight is 187 g/mol. The lowest BCUT2D eigenvalue weighted by atomic mass is 10.4. The van der Waals surface area contributed by atoms with Crippen LogP contribution >= 0.6 is 0 Å². The largest absolute Gasteiger partial charge is 0.215 e. The fourth-order valence-electron chi connectivity index (χ4n) is 0.633. The Hall–Kier alpha value is -1.11. The smallest absolute Gasteiger partial charge is 0.203 e. The molecule has 6 heteroatoms. The average Bonchev–Trinajstić information content (AvgIpc) is 2.04. The van der Waals surface area contributed by atoms with Crippen molar-refractivity contribution in [2.24, 2.45) is 0 Å². The summed E-state index contributed by atoms with van der Waals surface area (Å²) in [6.07, 6.45) is 0.323. The molecule has 0 heterocycles. The molecule has 5 nitrogen and oxygen atoms in total. The Morgan fingerprint density at radius 3 is 1.75 bits per heavy atom. The van der Waals surface area contributed by atoms with E-state index >= 15 is 0 Å². The SMILES string of the molecule is N#CCCN(CCC#N)[SH](=O)=O. The molecule has 0 unspecified atom stereocenters. The highest BCUT2D eigenvalue weighted by atomic mass is 32.2. The van der Waals surface area contributed by atoms with Crippen molar-refractivity contribution in [1.82, 2.24) is 4.31 Å². The minimum atomic E-state index is -2.66. The van der Waals surface area contributed by atoms with Crippen molar-refractivity contribution in [1.29, 1.82) is 10.5 Å². The molecule has 0 saturated carbocycles. The summed E-state index contributed by atoms with van der Waals surface area (Å²) in [6, 6.07) is 3.67. The Bertz CT molecular complexity index is 247. The van der Waals surface area contributed by atoms with Crippen molar-refractivity contribution in [2.75, 3.05) is 13.1 Å². The molecule has 0 aliphatic carbocycles. The van der Waals surface area contributed by atoms with E-state index in [9.17, 15) is 8.42 Å². The van der Waals surface area contributed by atoms with Crippen molar-refractivity contribution in [3.63, 3.8) is 0 Å². The second-order valence-electron chi connectivity index (χ2n) is 2.01. The van der Waals surface area contributed by atoms with Gasteiger partial charge in [0.15, 0.2) is 0 Å². The molecule has 0 fully saturated rings. The Morgan fingerprint density at radius 2 is 1.50 bits per heavy atom. The maximum atomic E-state index is 10.5. The molecule has 0 aliphatic rings. The lowest BCUT2D eigenvalue weighted by molar-refractivity contribution is 0.440. The lowest BCUT2D eigenvalue weighted by Gasteiger charge is -2.09. The molecule has 0 amide bonds. The molecule has 0 aromatic heterocycles. The first-order chi connectivity index (χ1) is 5.72. The van der Waals surface area contributed by atoms with E-state index in [0.717, 1.165) is 4.31 Å². The van der Waals surface area contributed by atoms with Gasteiger partial charge in [0.25, 0.3) is 0 Å². The Morgan fingerprint density at radius 1 is 1.08 bits per heavy atom. The van der Waals surface area contributed by atoms with Crippen molar-refractivity contribution in [3.05, 3.63) is 0 Å². The van der Waals surface area contributed by atoms with Gasteiger partial charge in [0, 0.05) is 25.9 Å². The van der Waals surface area contributed by atoms with Gasteiger partial charge in [0.05, 0.1) is 12.1 Å². The van der Waals surface area contributed by atoms with E-state index in [1.807, 2.05) is 12.1 Å². The van der Waals surface area contributed by atoms with Crippen LogP contribution in [0, 0.1) is 22.7 Å². The number of nitrogens with zero attached hydrogens (tertiary/aromatic N) is 3. The summed E-state index contributed by atoms with van der Waals surface area (Å²) < 4.78 is 22.0. The van der Waals surface area contributed by atoms with Gasteiger partial charge >= 0.3 is 0 Å². The van der Waals surface area contributed by atoms with Crippen molar-refractivity contribution in [2.45, 2.75) is 12.8 Å². The van der Waals surface area contributed by atoms with E-state index in [2.05, 4.69) is 0 Å². The van der Waals surface area contributed by atoms with Gasteiger partial charge in [0.2, 0.25) is 10.9 Å². The Kier molecular flexibility index (Phi) is 5.98. The number of hydrogen-bond acceptors (Lipinski definition) is 4. The van der Waals surface area contributed by atoms with Crippen LogP contribution in [-0.2, 0) is 10.9 Å². The second kappa shape index (κ2) is 6.59. The molecule has 0 bridgehead atoms. The van der Waals surface area contributed by atoms with Gasteiger partial charge in [-0.05, 0) is 0 Å². The van der Waals surface area contributed by atoms with Gasteiger partial charge in [0.1, 0.15) is 0 Å². The van der Waals surface area contributed by atoms with Crippen LogP contribution in [0.5, 0.6) is 0 Å². The molecule has 0 aromatic rings. The molecule has 0 aliphatic heterocycles. The fourth-order valence-corrected chi connectivity index (χ4v) is 1.16. The molecule has 0 aromatic carbocycles. The third kappa shape index (κ3) is 4.67. The first kappa shape index (κ1) is 10.9. The molecule has 0 atom stereocenters. The van der Waals surface area contributed by atoms with E-state index in [1.54, 1.807) is 0 Å². The molecule has 66 valence electrons. The van der Waals surface area contributed by atoms with Crippen LogP contribution in [0.1, 0.15) is 12.8 Å². The lowest BCUT2D eigenvalue weighted by Crippen LogP contribution is -2.23. The molecule has 12 heavy (non-hydrogen) atoms. The number of hydrogen-bond donors (Lipinski definition) is 1. The topological polar surface area (TPSA) is 85.0 Å². The summed E-state index contributed by atoms with van der Waals surface area (Å²) in [7, 11) is -2.66. The molecule has 0 spiro atoms. The number of rotatable bonds is 5. The number of nitriles is 2. The van der Waals surface area contributed by atoms with E-state index < -0.39 is 10.9 Å². The van der Waals surface area contributed by atoms with Crippen molar-refractivity contribution >= 4 is 10.9 Å². The fraction of sp³-hybridized carbons (Fsp3) is 0.667. The normalized spacial score (nSPS) is 9.67. The zero-order valence-electron chi connectivity index (χ0n) is 6.43. The molecular formula is C6H9N3O2S. The third-order valence-corrected chi connectivity index (χ3v) is 2.06. The van der Waals surface area contributed by atoms with Crippen molar-refractivity contribution < 1.29 is 8.42 Å². The summed E-state index contributed by atoms with van der Waals surface area (Å²) in [4.78, 5) is 0. The van der Waals surface area contributed by atoms with Crippen LogP contribution in [-0.4, -0.2) is 25.8 Å². The molecule has 0 radical (unpaired) electrons. The molecule has 0 rings (SSSR count). The standard InChI is InChI=1S/C6H9N3O2S/c7-3-1-5-9(12(10)11)6-2-4-8/h12H,1-2,5-6H2. The van der Waals surface area contributed by atoms with Crippen LogP contribution in [0.3, 0.4) is 0 Å². The summed E-state index contributed by atoms with van der Waals surface area (Å²) in [6.45, 7) is 0.355. The van der Waals surface area contributed by atoms with E-state index in [0.29, 0.717) is 0 Å². The monoisotopic (exact) mass is 187 g/mol. The van der Waals surface area contributed by atoms with Crippen LogP contribution in [0.2, 0.25) is 0 Å². The highest BCUT2D eigenvalue weighted by molar-refractivity contribution is 7.69. The predicted octanol–water partition coefficient (Wildman–Crippen LogP) is -0.358. The van der Waals surface area contributed by atoms with Crippen LogP contribution in [0.25, 0.3) is 0 Å². The molecular weight excluding hydrogens is 178 g/mol. The minimum Gasteiger partial charge on any atom is -0.215 e. The van der Waals surface area contributed by atoms with Gasteiger partial charge in [-0.1, -0.05) is 0 Å². The summed E-state index contributed by atoms with van der Waals surface area (Å²) >= 11 is 0. The van der Waals surface area contributed by atoms with Crippen molar-refractivity contribution in [3.8, 4) is 12.1 Å². The number of thiol groups is 1. The second-order valence-corrected chi connectivity index (χ2v) is 3.05. The van der Waals surface area contributed by atoms with E-state index in [4.69, 9.17) is 10.5 Å². The Labute approximate surface area is 72.9 Å². The maximum absolute atomic E-state index is 10.5.